The highest BCUT2D eigenvalue weighted by molar-refractivity contribution is 5.92. The summed E-state index contributed by atoms with van der Waals surface area (Å²) in [6, 6.07) is 11.5. The highest BCUT2D eigenvalue weighted by atomic mass is 19.1. The number of allylic oxidation sites excluding steroid dienone is 2. The Bertz CT molecular complexity index is 1200. The van der Waals surface area contributed by atoms with E-state index in [0.717, 1.165) is 0 Å². The fourth-order valence-electron chi connectivity index (χ4n) is 3.41. The topological polar surface area (TPSA) is 138 Å². The minimum atomic E-state index is -1.02. The molecule has 1 unspecified atom stereocenters. The van der Waals surface area contributed by atoms with Crippen LogP contribution >= 0.6 is 0 Å². The van der Waals surface area contributed by atoms with Crippen molar-refractivity contribution in [3.05, 3.63) is 92.3 Å². The quantitative estimate of drug-likeness (QED) is 0.378. The summed E-state index contributed by atoms with van der Waals surface area (Å²) in [4.78, 5) is 23.7. The SMILES string of the molecule is CCOC(=O)C1=C(C)OC(N)=C(C#N)C1c1ccc(OCc2ccc(F)cc2)c([N+](=O)[O-])c1. The molecule has 0 aromatic heterocycles. The lowest BCUT2D eigenvalue weighted by Gasteiger charge is -2.26. The van der Waals surface area contributed by atoms with Crippen LogP contribution in [0.2, 0.25) is 0 Å². The fourth-order valence-corrected chi connectivity index (χ4v) is 3.41. The molecule has 2 aromatic rings. The molecule has 0 saturated carbocycles. The van der Waals surface area contributed by atoms with Crippen LogP contribution in [0.3, 0.4) is 0 Å². The van der Waals surface area contributed by atoms with E-state index in [-0.39, 0.29) is 53.0 Å². The summed E-state index contributed by atoms with van der Waals surface area (Å²) >= 11 is 0. The minimum Gasteiger partial charge on any atom is -0.482 e. The normalized spacial score (nSPS) is 15.5. The molecule has 0 saturated heterocycles. The Hall–Kier alpha value is -4.39. The van der Waals surface area contributed by atoms with Crippen molar-refractivity contribution in [3.63, 3.8) is 0 Å². The van der Waals surface area contributed by atoms with Gasteiger partial charge in [-0.25, -0.2) is 9.18 Å². The molecule has 0 fully saturated rings. The fraction of sp³-hybridized carbons (Fsp3) is 0.217. The number of halogens is 1. The van der Waals surface area contributed by atoms with E-state index < -0.39 is 22.6 Å². The summed E-state index contributed by atoms with van der Waals surface area (Å²) in [5, 5.41) is 21.4. The van der Waals surface area contributed by atoms with Crippen LogP contribution in [-0.2, 0) is 20.9 Å². The summed E-state index contributed by atoms with van der Waals surface area (Å²) in [6.07, 6.45) is 0. The van der Waals surface area contributed by atoms with E-state index in [9.17, 15) is 24.6 Å². The van der Waals surface area contributed by atoms with E-state index in [2.05, 4.69) is 0 Å². The Morgan fingerprint density at radius 1 is 1.30 bits per heavy atom. The van der Waals surface area contributed by atoms with Crippen LogP contribution in [0.15, 0.2) is 65.3 Å². The van der Waals surface area contributed by atoms with Crippen LogP contribution in [-0.4, -0.2) is 17.5 Å². The lowest BCUT2D eigenvalue weighted by molar-refractivity contribution is -0.386. The maximum absolute atomic E-state index is 13.1. The maximum Gasteiger partial charge on any atom is 0.338 e. The van der Waals surface area contributed by atoms with Gasteiger partial charge in [-0.05, 0) is 43.2 Å². The molecular formula is C23H20FN3O6. The zero-order valence-electron chi connectivity index (χ0n) is 17.8. The predicted molar refractivity (Wildman–Crippen MR) is 114 cm³/mol. The molecule has 170 valence electrons. The van der Waals surface area contributed by atoms with Crippen molar-refractivity contribution in [2.24, 2.45) is 5.73 Å². The van der Waals surface area contributed by atoms with E-state index in [1.807, 2.05) is 6.07 Å². The number of nitrogens with two attached hydrogens (primary N) is 1. The number of benzene rings is 2. The molecule has 2 N–H and O–H groups in total. The number of nitro benzene ring substituents is 1. The predicted octanol–water partition coefficient (Wildman–Crippen LogP) is 3.96. The van der Waals surface area contributed by atoms with E-state index >= 15 is 0 Å². The average Bonchev–Trinajstić information content (AvgIpc) is 2.78. The van der Waals surface area contributed by atoms with Gasteiger partial charge in [0.2, 0.25) is 5.88 Å². The van der Waals surface area contributed by atoms with Crippen molar-refractivity contribution in [2.75, 3.05) is 6.61 Å². The first-order valence-corrected chi connectivity index (χ1v) is 9.87. The summed E-state index contributed by atoms with van der Waals surface area (Å²) in [5.74, 6) is -2.25. The largest absolute Gasteiger partial charge is 0.482 e. The number of hydrogen-bond donors (Lipinski definition) is 1. The summed E-state index contributed by atoms with van der Waals surface area (Å²) in [7, 11) is 0. The Kier molecular flexibility index (Phi) is 6.93. The van der Waals surface area contributed by atoms with Gasteiger partial charge >= 0.3 is 11.7 Å². The van der Waals surface area contributed by atoms with Crippen molar-refractivity contribution < 1.29 is 28.3 Å². The molecule has 10 heteroatoms. The number of nitrogens with zero attached hydrogens (tertiary/aromatic N) is 2. The van der Waals surface area contributed by atoms with Gasteiger partial charge in [-0.1, -0.05) is 18.2 Å². The van der Waals surface area contributed by atoms with Gasteiger partial charge in [0.25, 0.3) is 0 Å². The Morgan fingerprint density at radius 3 is 2.61 bits per heavy atom. The van der Waals surface area contributed by atoms with Gasteiger partial charge in [0.1, 0.15) is 29.8 Å². The molecule has 0 aliphatic carbocycles. The monoisotopic (exact) mass is 453 g/mol. The minimum absolute atomic E-state index is 0.0249. The third-order valence-electron chi connectivity index (χ3n) is 4.92. The third-order valence-corrected chi connectivity index (χ3v) is 4.92. The summed E-state index contributed by atoms with van der Waals surface area (Å²) in [6.45, 7) is 3.18. The van der Waals surface area contributed by atoms with Crippen LogP contribution in [0.1, 0.15) is 30.9 Å². The van der Waals surface area contributed by atoms with Gasteiger partial charge in [0.05, 0.1) is 23.0 Å². The number of nitriles is 1. The second kappa shape index (κ2) is 9.82. The van der Waals surface area contributed by atoms with Crippen molar-refractivity contribution in [1.29, 1.82) is 5.26 Å². The smallest absolute Gasteiger partial charge is 0.338 e. The van der Waals surface area contributed by atoms with E-state index in [4.69, 9.17) is 19.9 Å². The van der Waals surface area contributed by atoms with Crippen LogP contribution < -0.4 is 10.5 Å². The Morgan fingerprint density at radius 2 is 2.00 bits per heavy atom. The number of carbonyl (C=O) groups is 1. The standard InChI is InChI=1S/C23H20FN3O6/c1-3-31-23(28)20-13(2)33-22(26)17(11-25)21(20)15-6-9-19(18(10-15)27(29)30)32-12-14-4-7-16(24)8-5-14/h4-10,21H,3,12,26H2,1-2H3. The number of rotatable bonds is 7. The molecule has 1 aliphatic heterocycles. The second-order valence-corrected chi connectivity index (χ2v) is 7.01. The lowest BCUT2D eigenvalue weighted by Crippen LogP contribution is -2.25. The molecule has 1 atom stereocenters. The molecule has 0 amide bonds. The molecule has 0 spiro atoms. The Labute approximate surface area is 188 Å². The summed E-state index contributed by atoms with van der Waals surface area (Å²) < 4.78 is 29.1. The van der Waals surface area contributed by atoms with E-state index in [1.54, 1.807) is 6.92 Å². The molecular weight excluding hydrogens is 433 g/mol. The molecule has 0 bridgehead atoms. The zero-order chi connectivity index (χ0) is 24.1. The molecule has 2 aromatic carbocycles. The van der Waals surface area contributed by atoms with Crippen LogP contribution in [0, 0.1) is 27.3 Å². The highest BCUT2D eigenvalue weighted by Crippen LogP contribution is 2.42. The van der Waals surface area contributed by atoms with E-state index in [0.29, 0.717) is 5.56 Å². The van der Waals surface area contributed by atoms with Gasteiger partial charge in [0, 0.05) is 6.07 Å². The maximum atomic E-state index is 13.1. The lowest BCUT2D eigenvalue weighted by atomic mass is 9.83. The van der Waals surface area contributed by atoms with Crippen LogP contribution in [0.5, 0.6) is 5.75 Å². The second-order valence-electron chi connectivity index (χ2n) is 7.01. The zero-order valence-corrected chi connectivity index (χ0v) is 17.8. The first-order chi connectivity index (χ1) is 15.8. The molecule has 0 radical (unpaired) electrons. The van der Waals surface area contributed by atoms with Gasteiger partial charge < -0.3 is 19.9 Å². The first kappa shape index (κ1) is 23.3. The van der Waals surface area contributed by atoms with Crippen LogP contribution in [0.4, 0.5) is 10.1 Å². The number of carbonyl (C=O) groups excluding carboxylic acids is 1. The van der Waals surface area contributed by atoms with Gasteiger partial charge in [-0.3, -0.25) is 10.1 Å². The Balaban J connectivity index is 2.02. The third kappa shape index (κ3) is 4.93. The molecule has 9 nitrogen and oxygen atoms in total. The van der Waals surface area contributed by atoms with Crippen molar-refractivity contribution in [2.45, 2.75) is 26.4 Å². The summed E-state index contributed by atoms with van der Waals surface area (Å²) in [5.41, 5.74) is 6.31. The van der Waals surface area contributed by atoms with Crippen molar-refractivity contribution in [1.82, 2.24) is 0 Å². The van der Waals surface area contributed by atoms with Crippen molar-refractivity contribution in [3.8, 4) is 11.8 Å². The van der Waals surface area contributed by atoms with Crippen LogP contribution in [0.25, 0.3) is 0 Å². The van der Waals surface area contributed by atoms with Gasteiger partial charge in [-0.15, -0.1) is 0 Å². The average molecular weight is 453 g/mol. The van der Waals surface area contributed by atoms with Crippen molar-refractivity contribution >= 4 is 11.7 Å². The first-order valence-electron chi connectivity index (χ1n) is 9.87. The molecule has 1 heterocycles. The number of nitro groups is 1. The number of esters is 1. The number of hydrogen-bond acceptors (Lipinski definition) is 8. The number of ether oxygens (including phenoxy) is 3. The van der Waals surface area contributed by atoms with Gasteiger partial charge in [0.15, 0.2) is 5.75 Å². The highest BCUT2D eigenvalue weighted by Gasteiger charge is 2.37. The molecule has 3 rings (SSSR count). The van der Waals surface area contributed by atoms with E-state index in [1.165, 1.54) is 49.4 Å². The van der Waals surface area contributed by atoms with Gasteiger partial charge in [-0.2, -0.15) is 5.26 Å². The molecule has 1 aliphatic rings. The molecule has 33 heavy (non-hydrogen) atoms.